The average molecular weight is 366 g/mol. The van der Waals surface area contributed by atoms with Crippen LogP contribution in [-0.2, 0) is 11.8 Å². The van der Waals surface area contributed by atoms with Crippen molar-refractivity contribution in [2.24, 2.45) is 7.05 Å². The molecule has 2 heterocycles. The number of carbonyl (C=O) groups is 1. The van der Waals surface area contributed by atoms with Crippen LogP contribution in [0, 0.1) is 0 Å². The number of amides is 1. The van der Waals surface area contributed by atoms with Crippen LogP contribution < -0.4 is 4.90 Å². The van der Waals surface area contributed by atoms with Crippen molar-refractivity contribution >= 4 is 56.9 Å². The number of benzene rings is 2. The molecular weight excluding hydrogens is 352 g/mol. The van der Waals surface area contributed by atoms with E-state index in [0.717, 1.165) is 16.5 Å². The lowest BCUT2D eigenvalue weighted by atomic mass is 10.1. The molecule has 1 N–H and O–H groups in total. The Kier molecular flexibility index (Phi) is 3.86. The molecule has 1 amide bonds. The summed E-state index contributed by atoms with van der Waals surface area (Å²) in [5.74, 6) is -0.0712. The van der Waals surface area contributed by atoms with Gasteiger partial charge in [0.2, 0.25) is 0 Å². The molecule has 0 spiro atoms. The van der Waals surface area contributed by atoms with Gasteiger partial charge < -0.3 is 9.67 Å². The minimum atomic E-state index is -0.173. The van der Waals surface area contributed by atoms with Gasteiger partial charge in [-0.3, -0.25) is 9.69 Å². The van der Waals surface area contributed by atoms with E-state index < -0.39 is 0 Å². The number of fused-ring (bicyclic) bond motifs is 1. The Morgan fingerprint density at radius 2 is 1.96 bits per heavy atom. The zero-order valence-corrected chi connectivity index (χ0v) is 15.0. The summed E-state index contributed by atoms with van der Waals surface area (Å²) >= 11 is 6.65. The second kappa shape index (κ2) is 6.06. The Labute approximate surface area is 154 Å². The van der Waals surface area contributed by atoms with Crippen molar-refractivity contribution in [1.29, 1.82) is 0 Å². The fourth-order valence-corrected chi connectivity index (χ4v) is 4.24. The van der Waals surface area contributed by atoms with Crippen molar-refractivity contribution in [3.05, 3.63) is 65.2 Å². The highest BCUT2D eigenvalue weighted by Gasteiger charge is 2.33. The van der Waals surface area contributed by atoms with Crippen LogP contribution in [0.2, 0.25) is 0 Å². The predicted molar refractivity (Wildman–Crippen MR) is 107 cm³/mol. The molecule has 0 saturated carbocycles. The van der Waals surface area contributed by atoms with E-state index in [-0.39, 0.29) is 11.7 Å². The van der Waals surface area contributed by atoms with Crippen LogP contribution in [0.4, 0.5) is 5.69 Å². The zero-order chi connectivity index (χ0) is 17.6. The molecule has 0 aliphatic carbocycles. The van der Waals surface area contributed by atoms with Gasteiger partial charge >= 0.3 is 0 Å². The van der Waals surface area contributed by atoms with E-state index in [0.29, 0.717) is 14.9 Å². The van der Waals surface area contributed by atoms with Crippen LogP contribution in [-0.4, -0.2) is 19.9 Å². The molecule has 124 valence electrons. The lowest BCUT2D eigenvalue weighted by molar-refractivity contribution is -0.113. The first-order valence-corrected chi connectivity index (χ1v) is 8.88. The molecule has 1 aliphatic rings. The number of rotatable bonds is 2. The van der Waals surface area contributed by atoms with E-state index >= 15 is 0 Å². The molecule has 0 unspecified atom stereocenters. The van der Waals surface area contributed by atoms with Gasteiger partial charge in [0.25, 0.3) is 5.91 Å². The smallest absolute Gasteiger partial charge is 0.270 e. The molecule has 6 heteroatoms. The third-order valence-electron chi connectivity index (χ3n) is 4.10. The maximum atomic E-state index is 12.8. The molecule has 1 fully saturated rings. The van der Waals surface area contributed by atoms with Gasteiger partial charge in [-0.2, -0.15) is 0 Å². The summed E-state index contributed by atoms with van der Waals surface area (Å²) in [5.41, 5.74) is 2.66. The minimum absolute atomic E-state index is 0.101. The normalized spacial score (nSPS) is 16.4. The van der Waals surface area contributed by atoms with Crippen LogP contribution in [0.3, 0.4) is 0 Å². The van der Waals surface area contributed by atoms with Crippen molar-refractivity contribution in [1.82, 2.24) is 4.57 Å². The molecule has 4 nitrogen and oxygen atoms in total. The summed E-state index contributed by atoms with van der Waals surface area (Å²) in [6.45, 7) is 0. The van der Waals surface area contributed by atoms with Crippen LogP contribution in [0.25, 0.3) is 17.0 Å². The monoisotopic (exact) mass is 366 g/mol. The fraction of sp³-hybridized carbons (Fsp3) is 0.0526. The molecular formula is C19H14N2O2S2. The van der Waals surface area contributed by atoms with E-state index in [9.17, 15) is 9.90 Å². The predicted octanol–water partition coefficient (Wildman–Crippen LogP) is 4.29. The highest BCUT2D eigenvalue weighted by atomic mass is 32.2. The van der Waals surface area contributed by atoms with Crippen LogP contribution in [0.1, 0.15) is 5.56 Å². The van der Waals surface area contributed by atoms with Crippen LogP contribution in [0.15, 0.2) is 59.6 Å². The molecule has 2 aromatic carbocycles. The molecule has 0 atom stereocenters. The summed E-state index contributed by atoms with van der Waals surface area (Å²) in [7, 11) is 1.98. The molecule has 0 bridgehead atoms. The molecule has 1 saturated heterocycles. The second-order valence-electron chi connectivity index (χ2n) is 5.75. The quantitative estimate of drug-likeness (QED) is 0.543. The van der Waals surface area contributed by atoms with Gasteiger partial charge in [-0.15, -0.1) is 0 Å². The van der Waals surface area contributed by atoms with Gasteiger partial charge in [-0.1, -0.05) is 48.2 Å². The van der Waals surface area contributed by atoms with Crippen molar-refractivity contribution in [2.45, 2.75) is 0 Å². The van der Waals surface area contributed by atoms with Gasteiger partial charge in [-0.05, 0) is 24.3 Å². The van der Waals surface area contributed by atoms with Gasteiger partial charge in [0.05, 0.1) is 10.6 Å². The summed E-state index contributed by atoms with van der Waals surface area (Å²) in [6, 6.07) is 14.6. The highest BCUT2D eigenvalue weighted by molar-refractivity contribution is 8.27. The van der Waals surface area contributed by atoms with Gasteiger partial charge in [0.15, 0.2) is 4.32 Å². The molecule has 4 rings (SSSR count). The number of phenolic OH excluding ortho intramolecular Hbond substituents is 1. The number of phenols is 1. The third-order valence-corrected chi connectivity index (χ3v) is 5.40. The number of aromatic nitrogens is 1. The van der Waals surface area contributed by atoms with E-state index in [1.807, 2.05) is 48.2 Å². The van der Waals surface area contributed by atoms with Crippen molar-refractivity contribution in [3.8, 4) is 5.75 Å². The Balaban J connectivity index is 1.75. The number of hydrogen-bond acceptors (Lipinski definition) is 4. The summed E-state index contributed by atoms with van der Waals surface area (Å²) < 4.78 is 2.50. The Bertz CT molecular complexity index is 1050. The Morgan fingerprint density at radius 3 is 2.76 bits per heavy atom. The van der Waals surface area contributed by atoms with E-state index in [1.54, 1.807) is 18.2 Å². The lowest BCUT2D eigenvalue weighted by Crippen LogP contribution is -2.27. The second-order valence-corrected chi connectivity index (χ2v) is 7.43. The van der Waals surface area contributed by atoms with Gasteiger partial charge in [-0.25, -0.2) is 0 Å². The number of anilines is 1. The molecule has 25 heavy (non-hydrogen) atoms. The first-order valence-electron chi connectivity index (χ1n) is 7.65. The first kappa shape index (κ1) is 15.9. The molecule has 1 aromatic heterocycles. The van der Waals surface area contributed by atoms with Gasteiger partial charge in [0, 0.05) is 35.8 Å². The zero-order valence-electron chi connectivity index (χ0n) is 13.3. The topological polar surface area (TPSA) is 45.5 Å². The maximum Gasteiger partial charge on any atom is 0.270 e. The SMILES string of the molecule is Cn1cc(C=C2SC(=S)N(c3cccc(O)c3)C2=O)c2ccccc21. The van der Waals surface area contributed by atoms with Crippen LogP contribution >= 0.6 is 24.0 Å². The number of thiocarbonyl (C=S) groups is 1. The van der Waals surface area contributed by atoms with Crippen molar-refractivity contribution in [2.75, 3.05) is 4.90 Å². The molecule has 3 aromatic rings. The first-order chi connectivity index (χ1) is 12.0. The van der Waals surface area contributed by atoms with E-state index in [1.165, 1.54) is 22.7 Å². The summed E-state index contributed by atoms with van der Waals surface area (Å²) in [4.78, 5) is 14.9. The number of thioether (sulfide) groups is 1. The van der Waals surface area contributed by atoms with Crippen molar-refractivity contribution in [3.63, 3.8) is 0 Å². The van der Waals surface area contributed by atoms with Gasteiger partial charge in [0.1, 0.15) is 5.75 Å². The molecule has 0 radical (unpaired) electrons. The lowest BCUT2D eigenvalue weighted by Gasteiger charge is -2.14. The van der Waals surface area contributed by atoms with Crippen LogP contribution in [0.5, 0.6) is 5.75 Å². The average Bonchev–Trinajstić information content (AvgIpc) is 3.05. The third kappa shape index (κ3) is 2.73. The van der Waals surface area contributed by atoms with E-state index in [4.69, 9.17) is 12.2 Å². The number of aryl methyl sites for hydroxylation is 1. The number of carbonyl (C=O) groups excluding carboxylic acids is 1. The maximum absolute atomic E-state index is 12.8. The Hall–Kier alpha value is -2.57. The number of hydrogen-bond donors (Lipinski definition) is 1. The number of nitrogens with zero attached hydrogens (tertiary/aromatic N) is 2. The van der Waals surface area contributed by atoms with E-state index in [2.05, 4.69) is 0 Å². The molecule has 1 aliphatic heterocycles. The fourth-order valence-electron chi connectivity index (χ4n) is 2.95. The Morgan fingerprint density at radius 1 is 1.16 bits per heavy atom. The number of aromatic hydroxyl groups is 1. The van der Waals surface area contributed by atoms with Crippen molar-refractivity contribution < 1.29 is 9.90 Å². The summed E-state index contributed by atoms with van der Waals surface area (Å²) in [5, 5.41) is 10.8. The summed E-state index contributed by atoms with van der Waals surface area (Å²) in [6.07, 6.45) is 3.88. The standard InChI is InChI=1S/C19H14N2O2S2/c1-20-11-12(15-7-2-3-8-16(15)20)9-17-18(23)21(19(24)25-17)13-5-4-6-14(22)10-13/h2-11,22H,1H3. The highest BCUT2D eigenvalue weighted by Crippen LogP contribution is 2.37. The minimum Gasteiger partial charge on any atom is -0.508 e. The largest absolute Gasteiger partial charge is 0.508 e. The number of para-hydroxylation sites is 1.